The van der Waals surface area contributed by atoms with E-state index in [0.717, 1.165) is 102 Å². The van der Waals surface area contributed by atoms with Crippen LogP contribution in [0, 0.1) is 11.8 Å². The summed E-state index contributed by atoms with van der Waals surface area (Å²) in [6, 6.07) is 0. The molecular weight excluding hydrogens is 1290 g/mol. The lowest BCUT2D eigenvalue weighted by Gasteiger charge is -2.21. The maximum Gasteiger partial charge on any atom is 0.472 e. The number of phosphoric ester groups is 2. The SMILES string of the molecule is CCCCCCCCCCCCCCCCCC(=O)OC[C@H](COP(=O)(O)OC[C@@H](O)COP(=O)(O)OC[C@@H](COC(=O)CCCCCCCCCCCCC)OC(=O)CCCCCCCCCCC(C)C)OC(=O)CCCCCCCCCCCCCCCCCCCCC(C)CC. The second-order valence-electron chi connectivity index (χ2n) is 29.5. The molecule has 0 rings (SSSR count). The van der Waals surface area contributed by atoms with Gasteiger partial charge < -0.3 is 33.8 Å². The summed E-state index contributed by atoms with van der Waals surface area (Å²) in [4.78, 5) is 72.9. The quantitative estimate of drug-likeness (QED) is 0.0222. The van der Waals surface area contributed by atoms with Gasteiger partial charge in [-0.25, -0.2) is 9.13 Å². The maximum atomic E-state index is 13.1. The molecule has 0 aromatic carbocycles. The van der Waals surface area contributed by atoms with Crippen molar-refractivity contribution in [3.8, 4) is 0 Å². The van der Waals surface area contributed by atoms with E-state index >= 15 is 0 Å². The van der Waals surface area contributed by atoms with Crippen molar-refractivity contribution in [3.05, 3.63) is 0 Å². The van der Waals surface area contributed by atoms with E-state index in [-0.39, 0.29) is 25.7 Å². The third kappa shape index (κ3) is 72.8. The van der Waals surface area contributed by atoms with Gasteiger partial charge in [0.1, 0.15) is 19.3 Å². The molecule has 3 unspecified atom stereocenters. The molecule has 6 atom stereocenters. The Labute approximate surface area is 607 Å². The van der Waals surface area contributed by atoms with Crippen LogP contribution in [0.4, 0.5) is 0 Å². The minimum atomic E-state index is -4.96. The van der Waals surface area contributed by atoms with Gasteiger partial charge in [0.15, 0.2) is 12.2 Å². The molecule has 0 amide bonds. The van der Waals surface area contributed by atoms with Crippen LogP contribution < -0.4 is 0 Å². The van der Waals surface area contributed by atoms with E-state index in [4.69, 9.17) is 37.0 Å². The summed E-state index contributed by atoms with van der Waals surface area (Å²) in [5, 5.41) is 10.6. The number of rotatable bonds is 79. The zero-order valence-corrected chi connectivity index (χ0v) is 66.6. The number of carbonyl (C=O) groups is 4. The molecule has 588 valence electrons. The zero-order chi connectivity index (χ0) is 72.8. The predicted octanol–water partition coefficient (Wildman–Crippen LogP) is 23.9. The first kappa shape index (κ1) is 97.1. The second kappa shape index (κ2) is 71.7. The van der Waals surface area contributed by atoms with Crippen molar-refractivity contribution >= 4 is 39.5 Å². The molecule has 3 N–H and O–H groups in total. The maximum absolute atomic E-state index is 13.1. The molecule has 0 spiro atoms. The van der Waals surface area contributed by atoms with Crippen LogP contribution in [0.25, 0.3) is 0 Å². The molecule has 0 radical (unpaired) electrons. The van der Waals surface area contributed by atoms with Gasteiger partial charge in [0.05, 0.1) is 26.4 Å². The molecule has 17 nitrogen and oxygen atoms in total. The van der Waals surface area contributed by atoms with Crippen LogP contribution >= 0.6 is 15.6 Å². The normalized spacial score (nSPS) is 14.2. The number of unbranched alkanes of at least 4 members (excludes halogenated alkanes) is 48. The van der Waals surface area contributed by atoms with Gasteiger partial charge in [-0.2, -0.15) is 0 Å². The van der Waals surface area contributed by atoms with Gasteiger partial charge in [-0.3, -0.25) is 37.3 Å². The minimum absolute atomic E-state index is 0.105. The number of aliphatic hydroxyl groups excluding tert-OH is 1. The smallest absolute Gasteiger partial charge is 0.462 e. The highest BCUT2D eigenvalue weighted by molar-refractivity contribution is 7.47. The highest BCUT2D eigenvalue weighted by atomic mass is 31.2. The number of hydrogen-bond donors (Lipinski definition) is 3. The lowest BCUT2D eigenvalue weighted by Crippen LogP contribution is -2.30. The summed E-state index contributed by atoms with van der Waals surface area (Å²) < 4.78 is 68.6. The van der Waals surface area contributed by atoms with E-state index in [1.54, 1.807) is 0 Å². The van der Waals surface area contributed by atoms with Gasteiger partial charge in [0, 0.05) is 25.7 Å². The number of esters is 4. The Morgan fingerprint density at radius 2 is 0.515 bits per heavy atom. The van der Waals surface area contributed by atoms with Crippen molar-refractivity contribution in [1.82, 2.24) is 0 Å². The van der Waals surface area contributed by atoms with E-state index < -0.39 is 97.5 Å². The summed E-state index contributed by atoms with van der Waals surface area (Å²) in [5.74, 6) is -0.522. The fourth-order valence-corrected chi connectivity index (χ4v) is 13.9. The monoisotopic (exact) mass is 1450 g/mol. The lowest BCUT2D eigenvalue weighted by molar-refractivity contribution is -0.161. The van der Waals surface area contributed by atoms with Gasteiger partial charge in [0.25, 0.3) is 0 Å². The Bertz CT molecular complexity index is 1910. The Hall–Kier alpha value is -1.94. The second-order valence-corrected chi connectivity index (χ2v) is 32.4. The highest BCUT2D eigenvalue weighted by Gasteiger charge is 2.30. The van der Waals surface area contributed by atoms with Gasteiger partial charge in [0.2, 0.25) is 0 Å². The van der Waals surface area contributed by atoms with Gasteiger partial charge >= 0.3 is 39.5 Å². The van der Waals surface area contributed by atoms with Crippen molar-refractivity contribution in [2.24, 2.45) is 11.8 Å². The van der Waals surface area contributed by atoms with Gasteiger partial charge in [-0.15, -0.1) is 0 Å². The van der Waals surface area contributed by atoms with Crippen molar-refractivity contribution < 1.29 is 80.2 Å². The molecule has 0 saturated carbocycles. The third-order valence-corrected chi connectivity index (χ3v) is 21.0. The number of ether oxygens (including phenoxy) is 4. The molecule has 0 aliphatic heterocycles. The Morgan fingerprint density at radius 3 is 0.768 bits per heavy atom. The van der Waals surface area contributed by atoms with Gasteiger partial charge in [-0.05, 0) is 37.5 Å². The molecule has 0 saturated heterocycles. The number of aliphatic hydroxyl groups is 1. The zero-order valence-electron chi connectivity index (χ0n) is 64.8. The molecule has 0 fully saturated rings. The molecule has 19 heteroatoms. The first-order chi connectivity index (χ1) is 47.9. The van der Waals surface area contributed by atoms with Crippen LogP contribution in [0.15, 0.2) is 0 Å². The van der Waals surface area contributed by atoms with E-state index in [9.17, 15) is 43.2 Å². The Kier molecular flexibility index (Phi) is 70.3. The van der Waals surface area contributed by atoms with Crippen LogP contribution in [0.1, 0.15) is 420 Å². The van der Waals surface area contributed by atoms with E-state index in [1.165, 1.54) is 238 Å². The van der Waals surface area contributed by atoms with Crippen molar-refractivity contribution in [3.63, 3.8) is 0 Å². The lowest BCUT2D eigenvalue weighted by atomic mass is 9.99. The number of hydrogen-bond acceptors (Lipinski definition) is 15. The summed E-state index contributed by atoms with van der Waals surface area (Å²) in [5.41, 5.74) is 0. The van der Waals surface area contributed by atoms with Crippen LogP contribution in [-0.2, 0) is 65.4 Å². The Balaban J connectivity index is 5.20. The summed E-state index contributed by atoms with van der Waals surface area (Å²) >= 11 is 0. The topological polar surface area (TPSA) is 237 Å². The average molecular weight is 1450 g/mol. The minimum Gasteiger partial charge on any atom is -0.462 e. The molecule has 0 bridgehead atoms. The molecule has 0 aromatic rings. The van der Waals surface area contributed by atoms with Crippen LogP contribution in [-0.4, -0.2) is 96.7 Å². The molecule has 0 heterocycles. The van der Waals surface area contributed by atoms with Gasteiger partial charge in [-0.1, -0.05) is 369 Å². The van der Waals surface area contributed by atoms with Crippen molar-refractivity contribution in [2.75, 3.05) is 39.6 Å². The van der Waals surface area contributed by atoms with Crippen molar-refractivity contribution in [2.45, 2.75) is 439 Å². The highest BCUT2D eigenvalue weighted by Crippen LogP contribution is 2.45. The molecule has 0 aliphatic carbocycles. The van der Waals surface area contributed by atoms with E-state index in [1.807, 2.05) is 0 Å². The molecule has 0 aliphatic rings. The number of carbonyl (C=O) groups excluding carboxylic acids is 4. The van der Waals surface area contributed by atoms with Crippen molar-refractivity contribution in [1.29, 1.82) is 0 Å². The molecule has 99 heavy (non-hydrogen) atoms. The molecule has 0 aromatic heterocycles. The summed E-state index contributed by atoms with van der Waals surface area (Å²) in [7, 11) is -9.92. The fourth-order valence-electron chi connectivity index (χ4n) is 12.3. The fraction of sp³-hybridized carbons (Fsp3) is 0.950. The van der Waals surface area contributed by atoms with Crippen LogP contribution in [0.5, 0.6) is 0 Å². The Morgan fingerprint density at radius 1 is 0.293 bits per heavy atom. The van der Waals surface area contributed by atoms with E-state index in [0.29, 0.717) is 25.7 Å². The first-order valence-corrected chi connectivity index (χ1v) is 44.5. The largest absolute Gasteiger partial charge is 0.472 e. The predicted molar refractivity (Wildman–Crippen MR) is 405 cm³/mol. The summed E-state index contributed by atoms with van der Waals surface area (Å²) in [6.07, 6.45) is 61.1. The average Bonchev–Trinajstić information content (AvgIpc) is 1.10. The van der Waals surface area contributed by atoms with Crippen LogP contribution in [0.3, 0.4) is 0 Å². The molecular formula is C80H156O17P2. The third-order valence-electron chi connectivity index (χ3n) is 19.1. The summed E-state index contributed by atoms with van der Waals surface area (Å²) in [6.45, 7) is 9.65. The number of phosphoric acid groups is 2. The van der Waals surface area contributed by atoms with Crippen LogP contribution in [0.2, 0.25) is 0 Å². The standard InChI is InChI=1S/C80H156O17P2/c1-7-10-12-14-16-18-20-21-26-30-34-38-45-51-57-63-78(83)91-68-75(96-79(84)64-58-52-46-39-35-31-28-25-23-22-24-27-29-33-36-43-49-55-61-73(6)9-3)70-94-98(86,87)92-66-74(81)67-93-99(88,89)95-71-76(97-80(85)65-59-53-47-41-40-42-48-54-60-72(4)5)69-90-77(82)62-56-50-44-37-32-19-17-15-13-11-8-2/h72-76,81H,7-71H2,1-6H3,(H,86,87)(H,88,89)/t73?,74-,75-,76-/m1/s1. The first-order valence-electron chi connectivity index (χ1n) is 41.5. The van der Waals surface area contributed by atoms with E-state index in [2.05, 4.69) is 41.5 Å².